The van der Waals surface area contributed by atoms with Gasteiger partial charge < -0.3 is 4.90 Å². The van der Waals surface area contributed by atoms with Crippen LogP contribution in [0.25, 0.3) is 0 Å². The number of rotatable bonds is 2. The number of aromatic nitrogens is 3. The summed E-state index contributed by atoms with van der Waals surface area (Å²) in [4.78, 5) is 15.5. The lowest BCUT2D eigenvalue weighted by molar-refractivity contribution is 0.0476. The van der Waals surface area contributed by atoms with Crippen LogP contribution in [0.2, 0.25) is 10.0 Å². The summed E-state index contributed by atoms with van der Waals surface area (Å²) in [5.41, 5.74) is 0.543. The van der Waals surface area contributed by atoms with E-state index in [-0.39, 0.29) is 11.9 Å². The second-order valence-electron chi connectivity index (χ2n) is 4.34. The Bertz CT molecular complexity index is 608. The summed E-state index contributed by atoms with van der Waals surface area (Å²) < 4.78 is 0. The molecule has 0 bridgehead atoms. The van der Waals surface area contributed by atoms with Crippen molar-refractivity contribution >= 4 is 29.1 Å². The second-order valence-corrected chi connectivity index (χ2v) is 5.16. The minimum absolute atomic E-state index is 0.0537. The first kappa shape index (κ1) is 12.4. The number of likely N-dealkylation sites (tertiary alicyclic amines) is 1. The average Bonchev–Trinajstić information content (AvgIpc) is 2.84. The van der Waals surface area contributed by atoms with Crippen LogP contribution in [0.4, 0.5) is 0 Å². The standard InChI is InChI=1S/C12H10Cl2N4O/c13-10-2-1-8(5-11(10)14)12(19)17-6-9(7-17)18-15-3-4-16-18/h1-5,9H,6-7H2. The molecule has 0 saturated carbocycles. The van der Waals surface area contributed by atoms with Gasteiger partial charge >= 0.3 is 0 Å². The Hall–Kier alpha value is -1.59. The van der Waals surface area contributed by atoms with Crippen LogP contribution in [0.3, 0.4) is 0 Å². The van der Waals surface area contributed by atoms with Crippen molar-refractivity contribution in [3.8, 4) is 0 Å². The maximum atomic E-state index is 12.2. The van der Waals surface area contributed by atoms with Gasteiger partial charge in [0.1, 0.15) is 6.04 Å². The van der Waals surface area contributed by atoms with E-state index in [1.165, 1.54) is 0 Å². The number of hydrogen-bond acceptors (Lipinski definition) is 3. The van der Waals surface area contributed by atoms with Crippen molar-refractivity contribution < 1.29 is 4.79 Å². The Morgan fingerprint density at radius 3 is 2.47 bits per heavy atom. The number of carbonyl (C=O) groups excluding carboxylic acids is 1. The van der Waals surface area contributed by atoms with Crippen LogP contribution in [0.5, 0.6) is 0 Å². The van der Waals surface area contributed by atoms with E-state index in [9.17, 15) is 4.79 Å². The Morgan fingerprint density at radius 1 is 1.16 bits per heavy atom. The summed E-state index contributed by atoms with van der Waals surface area (Å²) in [6.07, 6.45) is 3.26. The molecule has 1 fully saturated rings. The van der Waals surface area contributed by atoms with Gasteiger partial charge in [-0.25, -0.2) is 0 Å². The molecule has 0 unspecified atom stereocenters. The Labute approximate surface area is 119 Å². The molecule has 19 heavy (non-hydrogen) atoms. The van der Waals surface area contributed by atoms with E-state index in [4.69, 9.17) is 23.2 Å². The minimum Gasteiger partial charge on any atom is -0.334 e. The fraction of sp³-hybridized carbons (Fsp3) is 0.250. The van der Waals surface area contributed by atoms with Gasteiger partial charge in [0.15, 0.2) is 0 Å². The molecule has 0 aliphatic carbocycles. The van der Waals surface area contributed by atoms with Crippen molar-refractivity contribution in [1.29, 1.82) is 0 Å². The zero-order valence-corrected chi connectivity index (χ0v) is 11.3. The van der Waals surface area contributed by atoms with Crippen molar-refractivity contribution in [2.24, 2.45) is 0 Å². The SMILES string of the molecule is O=C(c1ccc(Cl)c(Cl)c1)N1CC(n2nccn2)C1. The molecule has 7 heteroatoms. The number of hydrogen-bond donors (Lipinski definition) is 0. The highest BCUT2D eigenvalue weighted by Gasteiger charge is 2.33. The van der Waals surface area contributed by atoms with Crippen LogP contribution in [0, 0.1) is 0 Å². The molecule has 1 aliphatic rings. The number of halogens is 2. The minimum atomic E-state index is -0.0537. The third-order valence-electron chi connectivity index (χ3n) is 3.08. The first-order valence-electron chi connectivity index (χ1n) is 5.75. The quantitative estimate of drug-likeness (QED) is 0.854. The summed E-state index contributed by atoms with van der Waals surface area (Å²) in [5.74, 6) is -0.0537. The average molecular weight is 297 g/mol. The summed E-state index contributed by atoms with van der Waals surface area (Å²) in [7, 11) is 0. The topological polar surface area (TPSA) is 51.0 Å². The summed E-state index contributed by atoms with van der Waals surface area (Å²) in [6, 6.07) is 5.05. The molecule has 1 amide bonds. The zero-order valence-electron chi connectivity index (χ0n) is 9.83. The molecule has 1 saturated heterocycles. The van der Waals surface area contributed by atoms with Crippen molar-refractivity contribution in [3.63, 3.8) is 0 Å². The van der Waals surface area contributed by atoms with Crippen LogP contribution >= 0.6 is 23.2 Å². The van der Waals surface area contributed by atoms with Gasteiger partial charge in [-0.05, 0) is 18.2 Å². The molecular formula is C12H10Cl2N4O. The molecule has 0 spiro atoms. The maximum absolute atomic E-state index is 12.2. The second kappa shape index (κ2) is 4.83. The molecule has 2 aromatic rings. The predicted octanol–water partition coefficient (Wildman–Crippen LogP) is 2.28. The molecular weight excluding hydrogens is 287 g/mol. The molecule has 2 heterocycles. The Kier molecular flexibility index (Phi) is 3.16. The van der Waals surface area contributed by atoms with Crippen LogP contribution in [-0.4, -0.2) is 38.9 Å². The summed E-state index contributed by atoms with van der Waals surface area (Å²) in [6.45, 7) is 1.21. The molecule has 1 aliphatic heterocycles. The molecule has 1 aromatic carbocycles. The smallest absolute Gasteiger partial charge is 0.254 e. The molecule has 0 atom stereocenters. The molecule has 5 nitrogen and oxygen atoms in total. The number of carbonyl (C=O) groups is 1. The monoisotopic (exact) mass is 296 g/mol. The highest BCUT2D eigenvalue weighted by Crippen LogP contribution is 2.26. The van der Waals surface area contributed by atoms with E-state index in [2.05, 4.69) is 10.2 Å². The lowest BCUT2D eigenvalue weighted by Crippen LogP contribution is -2.51. The van der Waals surface area contributed by atoms with Crippen LogP contribution in [-0.2, 0) is 0 Å². The number of amides is 1. The summed E-state index contributed by atoms with van der Waals surface area (Å²) >= 11 is 11.7. The fourth-order valence-corrected chi connectivity index (χ4v) is 2.29. The Morgan fingerprint density at radius 2 is 1.84 bits per heavy atom. The predicted molar refractivity (Wildman–Crippen MR) is 71.4 cm³/mol. The van der Waals surface area contributed by atoms with E-state index in [0.717, 1.165) is 0 Å². The molecule has 0 radical (unpaired) electrons. The first-order valence-corrected chi connectivity index (χ1v) is 6.51. The van der Waals surface area contributed by atoms with Gasteiger partial charge in [-0.2, -0.15) is 15.0 Å². The molecule has 0 N–H and O–H groups in total. The first-order chi connectivity index (χ1) is 9.15. The highest BCUT2D eigenvalue weighted by atomic mass is 35.5. The van der Waals surface area contributed by atoms with Gasteiger partial charge in [-0.1, -0.05) is 23.2 Å². The van der Waals surface area contributed by atoms with E-state index >= 15 is 0 Å². The maximum Gasteiger partial charge on any atom is 0.254 e. The van der Waals surface area contributed by atoms with Crippen LogP contribution in [0.15, 0.2) is 30.6 Å². The third kappa shape index (κ3) is 2.31. The lowest BCUT2D eigenvalue weighted by atomic mass is 10.1. The van der Waals surface area contributed by atoms with E-state index in [0.29, 0.717) is 28.7 Å². The molecule has 3 rings (SSSR count). The van der Waals surface area contributed by atoms with Gasteiger partial charge in [0.25, 0.3) is 5.91 Å². The normalized spacial score (nSPS) is 15.4. The number of nitrogens with zero attached hydrogens (tertiary/aromatic N) is 4. The van der Waals surface area contributed by atoms with Gasteiger partial charge in [0.05, 0.1) is 22.4 Å². The zero-order chi connectivity index (χ0) is 13.4. The third-order valence-corrected chi connectivity index (χ3v) is 3.82. The fourth-order valence-electron chi connectivity index (χ4n) is 1.99. The van der Waals surface area contributed by atoms with Crippen molar-refractivity contribution in [1.82, 2.24) is 19.9 Å². The number of benzene rings is 1. The summed E-state index contributed by atoms with van der Waals surface area (Å²) in [5, 5.41) is 8.95. The van der Waals surface area contributed by atoms with E-state index < -0.39 is 0 Å². The van der Waals surface area contributed by atoms with Crippen LogP contribution in [0.1, 0.15) is 16.4 Å². The highest BCUT2D eigenvalue weighted by molar-refractivity contribution is 6.42. The van der Waals surface area contributed by atoms with Crippen molar-refractivity contribution in [2.45, 2.75) is 6.04 Å². The van der Waals surface area contributed by atoms with Gasteiger partial charge in [0.2, 0.25) is 0 Å². The van der Waals surface area contributed by atoms with Gasteiger partial charge in [0, 0.05) is 18.7 Å². The van der Waals surface area contributed by atoms with Gasteiger partial charge in [-0.15, -0.1) is 0 Å². The lowest BCUT2D eigenvalue weighted by Gasteiger charge is -2.38. The van der Waals surface area contributed by atoms with Crippen molar-refractivity contribution in [3.05, 3.63) is 46.2 Å². The van der Waals surface area contributed by atoms with E-state index in [1.807, 2.05) is 0 Å². The van der Waals surface area contributed by atoms with E-state index in [1.54, 1.807) is 40.3 Å². The van der Waals surface area contributed by atoms with Crippen LogP contribution < -0.4 is 0 Å². The molecule has 98 valence electrons. The Balaban J connectivity index is 1.68. The molecule has 1 aromatic heterocycles. The van der Waals surface area contributed by atoms with Gasteiger partial charge in [-0.3, -0.25) is 4.79 Å². The largest absolute Gasteiger partial charge is 0.334 e. The van der Waals surface area contributed by atoms with Crippen molar-refractivity contribution in [2.75, 3.05) is 13.1 Å².